The number of aliphatic hydroxyl groups excluding tert-OH is 1. The lowest BCUT2D eigenvalue weighted by Gasteiger charge is -2.15. The summed E-state index contributed by atoms with van der Waals surface area (Å²) in [6.07, 6.45) is 1.14. The average molecular weight is 283 g/mol. The number of esters is 1. The standard InChI is InChI=1S/C13H17NO4S/c1-3-9-5-10(13(17)18-2)12(19-9)14-6-8(7-15)4-11(14)16/h5,8,15H,3-4,6-7H2,1-2H3. The van der Waals surface area contributed by atoms with Crippen molar-refractivity contribution in [3.63, 3.8) is 0 Å². The van der Waals surface area contributed by atoms with E-state index in [4.69, 9.17) is 9.84 Å². The van der Waals surface area contributed by atoms with Crippen LogP contribution >= 0.6 is 11.3 Å². The molecule has 0 aromatic carbocycles. The maximum atomic E-state index is 12.0. The number of amides is 1. The fraction of sp³-hybridized carbons (Fsp3) is 0.538. The second kappa shape index (κ2) is 5.71. The Morgan fingerprint density at radius 3 is 2.89 bits per heavy atom. The molecule has 1 fully saturated rings. The summed E-state index contributed by atoms with van der Waals surface area (Å²) in [5.41, 5.74) is 0.441. The molecule has 1 aliphatic heterocycles. The highest BCUT2D eigenvalue weighted by molar-refractivity contribution is 7.16. The van der Waals surface area contributed by atoms with E-state index in [0.29, 0.717) is 23.5 Å². The molecule has 104 valence electrons. The molecule has 2 heterocycles. The third kappa shape index (κ3) is 2.64. The minimum atomic E-state index is -0.425. The van der Waals surface area contributed by atoms with Crippen LogP contribution in [0.15, 0.2) is 6.07 Å². The van der Waals surface area contributed by atoms with Crippen molar-refractivity contribution in [1.82, 2.24) is 0 Å². The van der Waals surface area contributed by atoms with Crippen LogP contribution in [0.5, 0.6) is 0 Å². The number of nitrogens with zero attached hydrogens (tertiary/aromatic N) is 1. The predicted molar refractivity (Wildman–Crippen MR) is 72.6 cm³/mol. The van der Waals surface area contributed by atoms with Gasteiger partial charge in [0.2, 0.25) is 5.91 Å². The molecular weight excluding hydrogens is 266 g/mol. The van der Waals surface area contributed by atoms with Crippen molar-refractivity contribution in [2.75, 3.05) is 25.2 Å². The van der Waals surface area contributed by atoms with Gasteiger partial charge in [0, 0.05) is 30.4 Å². The number of thiophene rings is 1. The Hall–Kier alpha value is -1.40. The molecule has 0 radical (unpaired) electrons. The number of methoxy groups -OCH3 is 1. The Bertz CT molecular complexity index is 497. The highest BCUT2D eigenvalue weighted by atomic mass is 32.1. The summed E-state index contributed by atoms with van der Waals surface area (Å²) in [5, 5.41) is 9.80. The number of ether oxygens (including phenoxy) is 1. The van der Waals surface area contributed by atoms with E-state index in [1.807, 2.05) is 6.92 Å². The van der Waals surface area contributed by atoms with E-state index in [-0.39, 0.29) is 18.4 Å². The van der Waals surface area contributed by atoms with Crippen molar-refractivity contribution in [2.24, 2.45) is 5.92 Å². The molecule has 1 saturated heterocycles. The smallest absolute Gasteiger partial charge is 0.340 e. The molecule has 1 N–H and O–H groups in total. The van der Waals surface area contributed by atoms with Gasteiger partial charge in [0.25, 0.3) is 0 Å². The molecular formula is C13H17NO4S. The summed E-state index contributed by atoms with van der Waals surface area (Å²) >= 11 is 1.44. The van der Waals surface area contributed by atoms with Crippen molar-refractivity contribution < 1.29 is 19.4 Å². The molecule has 0 aliphatic carbocycles. The summed E-state index contributed by atoms with van der Waals surface area (Å²) in [4.78, 5) is 26.4. The molecule has 0 spiro atoms. The molecule has 1 atom stereocenters. The van der Waals surface area contributed by atoms with Gasteiger partial charge in [-0.05, 0) is 12.5 Å². The molecule has 0 saturated carbocycles. The lowest BCUT2D eigenvalue weighted by atomic mass is 10.1. The SMILES string of the molecule is CCc1cc(C(=O)OC)c(N2CC(CO)CC2=O)s1. The molecule has 1 aromatic heterocycles. The van der Waals surface area contributed by atoms with E-state index in [9.17, 15) is 9.59 Å². The topological polar surface area (TPSA) is 66.8 Å². The van der Waals surface area contributed by atoms with Crippen LogP contribution in [0.4, 0.5) is 5.00 Å². The van der Waals surface area contributed by atoms with E-state index in [1.54, 1.807) is 11.0 Å². The molecule has 1 aliphatic rings. The number of carbonyl (C=O) groups excluding carboxylic acids is 2. The molecule has 5 nitrogen and oxygen atoms in total. The molecule has 0 bridgehead atoms. The summed E-state index contributed by atoms with van der Waals surface area (Å²) in [6.45, 7) is 2.45. The summed E-state index contributed by atoms with van der Waals surface area (Å²) in [6, 6.07) is 1.78. The predicted octanol–water partition coefficient (Wildman–Crippen LogP) is 1.44. The fourth-order valence-electron chi connectivity index (χ4n) is 2.16. The van der Waals surface area contributed by atoms with Gasteiger partial charge >= 0.3 is 5.97 Å². The second-order valence-corrected chi connectivity index (χ2v) is 5.65. The third-order valence-corrected chi connectivity index (χ3v) is 4.53. The van der Waals surface area contributed by atoms with E-state index in [1.165, 1.54) is 18.4 Å². The van der Waals surface area contributed by atoms with Crippen LogP contribution in [0, 0.1) is 5.92 Å². The van der Waals surface area contributed by atoms with Crippen molar-refractivity contribution in [3.8, 4) is 0 Å². The quantitative estimate of drug-likeness (QED) is 0.849. The van der Waals surface area contributed by atoms with Crippen molar-refractivity contribution in [1.29, 1.82) is 0 Å². The Balaban J connectivity index is 2.35. The number of hydrogen-bond acceptors (Lipinski definition) is 5. The van der Waals surface area contributed by atoms with E-state index in [2.05, 4.69) is 0 Å². The van der Waals surface area contributed by atoms with Gasteiger partial charge in [-0.25, -0.2) is 4.79 Å². The summed E-state index contributed by atoms with van der Waals surface area (Å²) in [7, 11) is 1.33. The largest absolute Gasteiger partial charge is 0.465 e. The second-order valence-electron chi connectivity index (χ2n) is 4.53. The maximum absolute atomic E-state index is 12.0. The number of rotatable bonds is 4. The maximum Gasteiger partial charge on any atom is 0.340 e. The van der Waals surface area contributed by atoms with Crippen LogP contribution in [0.25, 0.3) is 0 Å². The van der Waals surface area contributed by atoms with Gasteiger partial charge in [0.05, 0.1) is 12.7 Å². The molecule has 6 heteroatoms. The average Bonchev–Trinajstić information content (AvgIpc) is 3.00. The van der Waals surface area contributed by atoms with Crippen molar-refractivity contribution in [2.45, 2.75) is 19.8 Å². The number of hydrogen-bond donors (Lipinski definition) is 1. The van der Waals surface area contributed by atoms with Crippen molar-refractivity contribution in [3.05, 3.63) is 16.5 Å². The first-order valence-electron chi connectivity index (χ1n) is 6.22. The van der Waals surface area contributed by atoms with Gasteiger partial charge in [-0.1, -0.05) is 6.92 Å². The first kappa shape index (κ1) is 14.0. The zero-order valence-electron chi connectivity index (χ0n) is 11.0. The van der Waals surface area contributed by atoms with Crippen LogP contribution in [0.1, 0.15) is 28.6 Å². The normalized spacial score (nSPS) is 19.0. The molecule has 1 unspecified atom stereocenters. The number of carbonyl (C=O) groups is 2. The summed E-state index contributed by atoms with van der Waals surface area (Å²) < 4.78 is 4.76. The van der Waals surface area contributed by atoms with Gasteiger partial charge in [0.15, 0.2) is 0 Å². The summed E-state index contributed by atoms with van der Waals surface area (Å²) in [5.74, 6) is -0.523. The van der Waals surface area contributed by atoms with E-state index < -0.39 is 5.97 Å². The fourth-order valence-corrected chi connectivity index (χ4v) is 3.27. The van der Waals surface area contributed by atoms with Gasteiger partial charge in [-0.15, -0.1) is 11.3 Å². The number of aryl methyl sites for hydroxylation is 1. The van der Waals surface area contributed by atoms with Crippen molar-refractivity contribution >= 4 is 28.2 Å². The Morgan fingerprint density at radius 1 is 1.63 bits per heavy atom. The molecule has 1 aromatic rings. The highest BCUT2D eigenvalue weighted by Gasteiger charge is 2.33. The number of aliphatic hydroxyl groups is 1. The first-order chi connectivity index (χ1) is 9.10. The molecule has 1 amide bonds. The lowest BCUT2D eigenvalue weighted by Crippen LogP contribution is -2.25. The third-order valence-electron chi connectivity index (χ3n) is 3.23. The minimum absolute atomic E-state index is 0.0121. The van der Waals surface area contributed by atoms with Crippen LogP contribution in [-0.2, 0) is 16.0 Å². The molecule has 19 heavy (non-hydrogen) atoms. The highest BCUT2D eigenvalue weighted by Crippen LogP contribution is 2.36. The zero-order valence-corrected chi connectivity index (χ0v) is 11.8. The van der Waals surface area contributed by atoms with Crippen LogP contribution in [0.2, 0.25) is 0 Å². The van der Waals surface area contributed by atoms with Gasteiger partial charge in [-0.2, -0.15) is 0 Å². The van der Waals surface area contributed by atoms with Crippen LogP contribution in [-0.4, -0.2) is 37.2 Å². The first-order valence-corrected chi connectivity index (χ1v) is 7.04. The zero-order chi connectivity index (χ0) is 14.0. The van der Waals surface area contributed by atoms with Crippen LogP contribution in [0.3, 0.4) is 0 Å². The number of anilines is 1. The minimum Gasteiger partial charge on any atom is -0.465 e. The monoisotopic (exact) mass is 283 g/mol. The lowest BCUT2D eigenvalue weighted by molar-refractivity contribution is -0.117. The van der Waals surface area contributed by atoms with E-state index >= 15 is 0 Å². The van der Waals surface area contributed by atoms with Gasteiger partial charge < -0.3 is 14.7 Å². The Morgan fingerprint density at radius 2 is 2.37 bits per heavy atom. The van der Waals surface area contributed by atoms with Gasteiger partial charge in [0.1, 0.15) is 5.00 Å². The Kier molecular flexibility index (Phi) is 4.21. The molecule has 2 rings (SSSR count). The van der Waals surface area contributed by atoms with Crippen LogP contribution < -0.4 is 4.90 Å². The Labute approximate surface area is 115 Å². The van der Waals surface area contributed by atoms with E-state index in [0.717, 1.165) is 11.3 Å². The van der Waals surface area contributed by atoms with Gasteiger partial charge in [-0.3, -0.25) is 4.79 Å².